The van der Waals surface area contributed by atoms with Crippen molar-refractivity contribution in [3.8, 4) is 0 Å². The Labute approximate surface area is 182 Å². The van der Waals surface area contributed by atoms with Gasteiger partial charge < -0.3 is 4.55 Å². The van der Waals surface area contributed by atoms with Gasteiger partial charge in [0.25, 0.3) is 0 Å². The Morgan fingerprint density at radius 1 is 0.957 bits per heavy atom. The van der Waals surface area contributed by atoms with E-state index in [4.69, 9.17) is 0 Å². The maximum Gasteiger partial charge on any atom is 1.00 e. The van der Waals surface area contributed by atoms with Crippen molar-refractivity contribution in [2.75, 3.05) is 0 Å². The van der Waals surface area contributed by atoms with Crippen LogP contribution in [-0.2, 0) is 23.0 Å². The molecule has 0 bridgehead atoms. The Morgan fingerprint density at radius 2 is 1.61 bits per heavy atom. The van der Waals surface area contributed by atoms with E-state index in [-0.39, 0.29) is 56.3 Å². The summed E-state index contributed by atoms with van der Waals surface area (Å²) in [4.78, 5) is -0.118. The summed E-state index contributed by atoms with van der Waals surface area (Å²) >= 11 is 0. The summed E-state index contributed by atoms with van der Waals surface area (Å²) in [5.74, 6) is 0. The van der Waals surface area contributed by atoms with Gasteiger partial charge in [-0.3, -0.25) is 0 Å². The van der Waals surface area contributed by atoms with Gasteiger partial charge in [0.15, 0.2) is 0 Å². The van der Waals surface area contributed by atoms with Crippen LogP contribution in [-0.4, -0.2) is 13.0 Å². The first-order chi connectivity index (χ1) is 10.5. The number of benzene rings is 2. The zero-order valence-corrected chi connectivity index (χ0v) is 18.2. The van der Waals surface area contributed by atoms with E-state index in [1.807, 2.05) is 12.1 Å². The Balaban J connectivity index is 0.00000264. The largest absolute Gasteiger partial charge is 1.00 e. The molecule has 0 spiro atoms. The van der Waals surface area contributed by atoms with Gasteiger partial charge in [-0.15, -0.1) is 0 Å². The van der Waals surface area contributed by atoms with Crippen molar-refractivity contribution < 1.29 is 64.4 Å². The SMILES string of the molecule is CCCCc1ccc2cc(S(=O)(=O)[O-])cc(CCCC)c2c1.[K+]. The Morgan fingerprint density at radius 3 is 2.22 bits per heavy atom. The quantitative estimate of drug-likeness (QED) is 0.556. The number of unbranched alkanes of at least 4 members (excludes halogenated alkanes) is 2. The van der Waals surface area contributed by atoms with Crippen LogP contribution in [0.25, 0.3) is 10.8 Å². The Bertz CT molecular complexity index is 754. The summed E-state index contributed by atoms with van der Waals surface area (Å²) in [6, 6.07) is 9.17. The summed E-state index contributed by atoms with van der Waals surface area (Å²) in [5, 5.41) is 1.91. The molecule has 0 saturated heterocycles. The normalized spacial score (nSPS) is 11.4. The molecule has 0 heterocycles. The zero-order chi connectivity index (χ0) is 16.2. The molecule has 5 heteroatoms. The van der Waals surface area contributed by atoms with Crippen LogP contribution in [0.1, 0.15) is 50.7 Å². The molecule has 0 fully saturated rings. The van der Waals surface area contributed by atoms with Crippen LogP contribution in [0.5, 0.6) is 0 Å². The molecule has 0 N–H and O–H groups in total. The van der Waals surface area contributed by atoms with E-state index in [0.717, 1.165) is 54.9 Å². The number of hydrogen-bond donors (Lipinski definition) is 0. The van der Waals surface area contributed by atoms with Crippen LogP contribution >= 0.6 is 0 Å². The van der Waals surface area contributed by atoms with E-state index in [1.165, 1.54) is 11.6 Å². The second-order valence-electron chi connectivity index (χ2n) is 5.80. The number of fused-ring (bicyclic) bond motifs is 1. The molecule has 0 radical (unpaired) electrons. The van der Waals surface area contributed by atoms with Crippen LogP contribution in [0, 0.1) is 0 Å². The number of rotatable bonds is 7. The molecule has 2 rings (SSSR count). The average molecular weight is 359 g/mol. The van der Waals surface area contributed by atoms with Crippen LogP contribution < -0.4 is 51.4 Å². The van der Waals surface area contributed by atoms with Gasteiger partial charge in [0, 0.05) is 0 Å². The first-order valence-electron chi connectivity index (χ1n) is 7.97. The van der Waals surface area contributed by atoms with Gasteiger partial charge in [-0.1, -0.05) is 44.9 Å². The second-order valence-corrected chi connectivity index (χ2v) is 7.18. The molecular formula is C18H23KO3S. The van der Waals surface area contributed by atoms with Crippen molar-refractivity contribution in [2.24, 2.45) is 0 Å². The Hall–Kier alpha value is 0.246. The van der Waals surface area contributed by atoms with Crippen molar-refractivity contribution >= 4 is 20.9 Å². The third-order valence-electron chi connectivity index (χ3n) is 3.99. The second kappa shape index (κ2) is 9.66. The topological polar surface area (TPSA) is 57.2 Å². The summed E-state index contributed by atoms with van der Waals surface area (Å²) in [5.41, 5.74) is 2.23. The third-order valence-corrected chi connectivity index (χ3v) is 4.80. The van der Waals surface area contributed by atoms with Gasteiger partial charge in [-0.2, -0.15) is 0 Å². The summed E-state index contributed by atoms with van der Waals surface area (Å²) < 4.78 is 34.1. The molecule has 0 aromatic heterocycles. The maximum absolute atomic E-state index is 11.4. The minimum absolute atomic E-state index is 0. The van der Waals surface area contributed by atoms with E-state index < -0.39 is 10.1 Å². The molecule has 2 aromatic rings. The third kappa shape index (κ3) is 5.92. The molecule has 0 amide bonds. The van der Waals surface area contributed by atoms with Crippen LogP contribution in [0.3, 0.4) is 0 Å². The standard InChI is InChI=1S/C18H24O3S.K/c1-3-5-7-14-9-10-16-13-17(22(19,20)21)12-15(8-6-4-2)18(16)11-14;/h9-13H,3-8H2,1-2H3,(H,19,20,21);/q;+1/p-1. The molecule has 0 aliphatic carbocycles. The summed E-state index contributed by atoms with van der Waals surface area (Å²) in [6.07, 6.45) is 6.13. The van der Waals surface area contributed by atoms with Crippen molar-refractivity contribution in [1.29, 1.82) is 0 Å². The fourth-order valence-corrected chi connectivity index (χ4v) is 3.26. The monoisotopic (exact) mass is 358 g/mol. The van der Waals surface area contributed by atoms with Crippen LogP contribution in [0.2, 0.25) is 0 Å². The predicted octanol–water partition coefficient (Wildman–Crippen LogP) is 1.43. The van der Waals surface area contributed by atoms with Gasteiger partial charge in [-0.05, 0) is 59.7 Å². The fourth-order valence-electron chi connectivity index (χ4n) is 2.71. The molecule has 0 aliphatic rings. The molecule has 2 aromatic carbocycles. The van der Waals surface area contributed by atoms with E-state index in [9.17, 15) is 13.0 Å². The first kappa shape index (κ1) is 21.3. The van der Waals surface area contributed by atoms with Gasteiger partial charge >= 0.3 is 51.4 Å². The Kier molecular flexibility index (Phi) is 8.94. The van der Waals surface area contributed by atoms with E-state index in [2.05, 4.69) is 19.9 Å². The maximum atomic E-state index is 11.4. The van der Waals surface area contributed by atoms with Gasteiger partial charge in [-0.25, -0.2) is 8.42 Å². The van der Waals surface area contributed by atoms with Crippen molar-refractivity contribution in [2.45, 2.75) is 57.3 Å². The molecule has 0 aliphatic heterocycles. The van der Waals surface area contributed by atoms with Crippen LogP contribution in [0.4, 0.5) is 0 Å². The van der Waals surface area contributed by atoms with Crippen LogP contribution in [0.15, 0.2) is 35.2 Å². The molecule has 0 saturated carbocycles. The first-order valence-corrected chi connectivity index (χ1v) is 9.38. The number of hydrogen-bond acceptors (Lipinski definition) is 3. The molecular weight excluding hydrogens is 335 g/mol. The van der Waals surface area contributed by atoms with E-state index in [1.54, 1.807) is 6.07 Å². The molecule has 0 atom stereocenters. The van der Waals surface area contributed by atoms with Crippen molar-refractivity contribution in [3.05, 3.63) is 41.5 Å². The summed E-state index contributed by atoms with van der Waals surface area (Å²) in [6.45, 7) is 4.27. The molecule has 0 unspecified atom stereocenters. The number of aryl methyl sites for hydroxylation is 2. The minimum Gasteiger partial charge on any atom is -0.744 e. The smallest absolute Gasteiger partial charge is 0.744 e. The molecule has 3 nitrogen and oxygen atoms in total. The van der Waals surface area contributed by atoms with E-state index in [0.29, 0.717) is 0 Å². The summed E-state index contributed by atoms with van der Waals surface area (Å²) in [7, 11) is -4.42. The van der Waals surface area contributed by atoms with Gasteiger partial charge in [0.2, 0.25) is 0 Å². The van der Waals surface area contributed by atoms with Gasteiger partial charge in [0.05, 0.1) is 4.90 Å². The van der Waals surface area contributed by atoms with Gasteiger partial charge in [0.1, 0.15) is 10.1 Å². The minimum atomic E-state index is -4.42. The van der Waals surface area contributed by atoms with Crippen molar-refractivity contribution in [1.82, 2.24) is 0 Å². The molecule has 23 heavy (non-hydrogen) atoms. The van der Waals surface area contributed by atoms with Crippen molar-refractivity contribution in [3.63, 3.8) is 0 Å². The average Bonchev–Trinajstić information content (AvgIpc) is 2.49. The predicted molar refractivity (Wildman–Crippen MR) is 89.1 cm³/mol. The fraction of sp³-hybridized carbons (Fsp3) is 0.444. The molecule has 120 valence electrons. The zero-order valence-electron chi connectivity index (χ0n) is 14.3. The van der Waals surface area contributed by atoms with E-state index >= 15 is 0 Å².